The second kappa shape index (κ2) is 4.33. The van der Waals surface area contributed by atoms with Crippen LogP contribution in [0.4, 0.5) is 0 Å². The number of aryl methyl sites for hydroxylation is 1. The summed E-state index contributed by atoms with van der Waals surface area (Å²) in [6.07, 6.45) is 5.98. The van der Waals surface area contributed by atoms with Crippen LogP contribution >= 0.6 is 0 Å². The second-order valence-corrected chi connectivity index (χ2v) is 5.40. The van der Waals surface area contributed by atoms with E-state index in [4.69, 9.17) is 0 Å². The Labute approximate surface area is 111 Å². The summed E-state index contributed by atoms with van der Waals surface area (Å²) in [7, 11) is 1.83. The maximum absolute atomic E-state index is 12.1. The van der Waals surface area contributed by atoms with E-state index in [0.29, 0.717) is 5.56 Å². The molecule has 5 nitrogen and oxygen atoms in total. The standard InChI is InChI=1S/C14H16N2O3/c1-15-6-5-9(7-15)12(17)8-16-13(18)10-3-2-4-11(10)14(16)19/h5-7,10-11H,2-4,8H2,1H3. The Hall–Kier alpha value is -1.91. The molecule has 1 saturated heterocycles. The van der Waals surface area contributed by atoms with E-state index in [9.17, 15) is 14.4 Å². The minimum Gasteiger partial charge on any atom is -0.357 e. The molecule has 2 aliphatic rings. The topological polar surface area (TPSA) is 59.4 Å². The fraction of sp³-hybridized carbons (Fsp3) is 0.500. The normalized spacial score (nSPS) is 26.1. The van der Waals surface area contributed by atoms with E-state index in [2.05, 4.69) is 0 Å². The third-order valence-electron chi connectivity index (χ3n) is 4.14. The average molecular weight is 260 g/mol. The lowest BCUT2D eigenvalue weighted by molar-refractivity contribution is -0.139. The number of nitrogens with zero attached hydrogens (tertiary/aromatic N) is 2. The number of hydrogen-bond donors (Lipinski definition) is 0. The van der Waals surface area contributed by atoms with Crippen LogP contribution in [0, 0.1) is 11.8 Å². The predicted octanol–water partition coefficient (Wildman–Crippen LogP) is 0.993. The van der Waals surface area contributed by atoms with Gasteiger partial charge in [-0.15, -0.1) is 0 Å². The molecule has 1 aromatic heterocycles. The molecule has 2 unspecified atom stereocenters. The van der Waals surface area contributed by atoms with Gasteiger partial charge < -0.3 is 4.57 Å². The highest BCUT2D eigenvalue weighted by Crippen LogP contribution is 2.39. The van der Waals surface area contributed by atoms with Crippen LogP contribution in [0.5, 0.6) is 0 Å². The number of hydrogen-bond acceptors (Lipinski definition) is 3. The highest BCUT2D eigenvalue weighted by Gasteiger charge is 2.49. The van der Waals surface area contributed by atoms with Gasteiger partial charge in [0, 0.05) is 25.0 Å². The Morgan fingerprint density at radius 1 is 1.26 bits per heavy atom. The molecule has 0 bridgehead atoms. The second-order valence-electron chi connectivity index (χ2n) is 5.40. The van der Waals surface area contributed by atoms with Crippen molar-refractivity contribution in [2.24, 2.45) is 18.9 Å². The van der Waals surface area contributed by atoms with E-state index in [0.717, 1.165) is 24.2 Å². The van der Waals surface area contributed by atoms with Crippen molar-refractivity contribution in [3.63, 3.8) is 0 Å². The number of amides is 2. The fourth-order valence-corrected chi connectivity index (χ4v) is 3.12. The molecule has 0 radical (unpaired) electrons. The van der Waals surface area contributed by atoms with Crippen molar-refractivity contribution in [1.29, 1.82) is 0 Å². The van der Waals surface area contributed by atoms with Gasteiger partial charge in [0.2, 0.25) is 11.8 Å². The van der Waals surface area contributed by atoms with Crippen LogP contribution < -0.4 is 0 Å². The third kappa shape index (κ3) is 1.89. The molecule has 2 heterocycles. The number of imide groups is 1. The lowest BCUT2D eigenvalue weighted by atomic mass is 10.00. The number of Topliss-reactive ketones (excluding diaryl/α,β-unsaturated/α-hetero) is 1. The SMILES string of the molecule is Cn1ccc(C(=O)CN2C(=O)C3CCCC3C2=O)c1. The van der Waals surface area contributed by atoms with Gasteiger partial charge in [-0.3, -0.25) is 19.3 Å². The molecular weight excluding hydrogens is 244 g/mol. The van der Waals surface area contributed by atoms with Crippen molar-refractivity contribution < 1.29 is 14.4 Å². The highest BCUT2D eigenvalue weighted by atomic mass is 16.2. The van der Waals surface area contributed by atoms with Gasteiger partial charge >= 0.3 is 0 Å². The van der Waals surface area contributed by atoms with Gasteiger partial charge in [-0.2, -0.15) is 0 Å². The van der Waals surface area contributed by atoms with Crippen LogP contribution in [-0.2, 0) is 16.6 Å². The number of carbonyl (C=O) groups is 3. The molecule has 100 valence electrons. The summed E-state index contributed by atoms with van der Waals surface area (Å²) < 4.78 is 1.77. The number of rotatable bonds is 3. The largest absolute Gasteiger partial charge is 0.357 e. The van der Waals surface area contributed by atoms with E-state index in [-0.39, 0.29) is 36.0 Å². The van der Waals surface area contributed by atoms with Crippen molar-refractivity contribution in [3.8, 4) is 0 Å². The first kappa shape index (κ1) is 12.1. The van der Waals surface area contributed by atoms with E-state index in [1.165, 1.54) is 0 Å². The van der Waals surface area contributed by atoms with Gasteiger partial charge in [-0.25, -0.2) is 0 Å². The summed E-state index contributed by atoms with van der Waals surface area (Å²) in [4.78, 5) is 37.5. The first-order valence-corrected chi connectivity index (χ1v) is 6.58. The monoisotopic (exact) mass is 260 g/mol. The minimum absolute atomic E-state index is 0.116. The molecule has 2 amide bonds. The molecule has 3 rings (SSSR count). The van der Waals surface area contributed by atoms with Crippen molar-refractivity contribution >= 4 is 17.6 Å². The summed E-state index contributed by atoms with van der Waals surface area (Å²) in [5.74, 6) is -0.831. The summed E-state index contributed by atoms with van der Waals surface area (Å²) in [6, 6.07) is 1.70. The van der Waals surface area contributed by atoms with Gasteiger partial charge in [0.05, 0.1) is 18.4 Å². The quantitative estimate of drug-likeness (QED) is 0.601. The Balaban J connectivity index is 1.75. The molecule has 5 heteroatoms. The number of likely N-dealkylation sites (tertiary alicyclic amines) is 1. The Kier molecular flexibility index (Phi) is 2.77. The zero-order valence-electron chi connectivity index (χ0n) is 10.8. The van der Waals surface area contributed by atoms with Crippen molar-refractivity contribution in [3.05, 3.63) is 24.0 Å². The molecule has 0 spiro atoms. The summed E-state index contributed by atoms with van der Waals surface area (Å²) >= 11 is 0. The Bertz CT molecular complexity index is 539. The van der Waals surface area contributed by atoms with E-state index < -0.39 is 0 Å². The molecule has 1 aliphatic heterocycles. The van der Waals surface area contributed by atoms with Gasteiger partial charge in [0.15, 0.2) is 5.78 Å². The molecule has 1 aromatic rings. The minimum atomic E-state index is -0.178. The maximum Gasteiger partial charge on any atom is 0.233 e. The van der Waals surface area contributed by atoms with Crippen LogP contribution in [0.15, 0.2) is 18.5 Å². The van der Waals surface area contributed by atoms with Crippen LogP contribution in [-0.4, -0.2) is 33.6 Å². The van der Waals surface area contributed by atoms with Crippen LogP contribution in [0.3, 0.4) is 0 Å². The fourth-order valence-electron chi connectivity index (χ4n) is 3.12. The Morgan fingerprint density at radius 2 is 1.89 bits per heavy atom. The maximum atomic E-state index is 12.1. The van der Waals surface area contributed by atoms with Gasteiger partial charge in [-0.05, 0) is 18.9 Å². The molecule has 1 aliphatic carbocycles. The highest BCUT2D eigenvalue weighted by molar-refractivity contribution is 6.10. The predicted molar refractivity (Wildman–Crippen MR) is 67.3 cm³/mol. The molecule has 0 N–H and O–H groups in total. The summed E-state index contributed by atoms with van der Waals surface area (Å²) in [5, 5.41) is 0. The first-order valence-electron chi connectivity index (χ1n) is 6.58. The summed E-state index contributed by atoms with van der Waals surface area (Å²) in [5.41, 5.74) is 0.542. The Morgan fingerprint density at radius 3 is 2.42 bits per heavy atom. The van der Waals surface area contributed by atoms with Crippen molar-refractivity contribution in [1.82, 2.24) is 9.47 Å². The number of fused-ring (bicyclic) bond motifs is 1. The first-order chi connectivity index (χ1) is 9.08. The van der Waals surface area contributed by atoms with Crippen molar-refractivity contribution in [2.75, 3.05) is 6.54 Å². The van der Waals surface area contributed by atoms with Gasteiger partial charge in [-0.1, -0.05) is 6.42 Å². The molecular formula is C14H16N2O3. The zero-order chi connectivity index (χ0) is 13.6. The smallest absolute Gasteiger partial charge is 0.233 e. The number of carbonyl (C=O) groups excluding carboxylic acids is 3. The zero-order valence-corrected chi connectivity index (χ0v) is 10.8. The molecule has 2 fully saturated rings. The van der Waals surface area contributed by atoms with E-state index in [1.807, 2.05) is 7.05 Å². The third-order valence-corrected chi connectivity index (χ3v) is 4.14. The van der Waals surface area contributed by atoms with E-state index >= 15 is 0 Å². The van der Waals surface area contributed by atoms with Crippen molar-refractivity contribution in [2.45, 2.75) is 19.3 Å². The van der Waals surface area contributed by atoms with Gasteiger partial charge in [0.1, 0.15) is 0 Å². The molecule has 2 atom stereocenters. The lowest BCUT2D eigenvalue weighted by Crippen LogP contribution is -2.36. The lowest BCUT2D eigenvalue weighted by Gasteiger charge is -2.14. The van der Waals surface area contributed by atoms with Crippen LogP contribution in [0.1, 0.15) is 29.6 Å². The van der Waals surface area contributed by atoms with E-state index in [1.54, 1.807) is 23.0 Å². The summed E-state index contributed by atoms with van der Waals surface area (Å²) in [6.45, 7) is -0.116. The molecule has 1 saturated carbocycles. The van der Waals surface area contributed by atoms with Crippen LogP contribution in [0.2, 0.25) is 0 Å². The van der Waals surface area contributed by atoms with Crippen LogP contribution in [0.25, 0.3) is 0 Å². The molecule has 0 aromatic carbocycles. The van der Waals surface area contributed by atoms with Gasteiger partial charge in [0.25, 0.3) is 0 Å². The molecule has 19 heavy (non-hydrogen) atoms. The number of aromatic nitrogens is 1. The average Bonchev–Trinajstić information content (AvgIpc) is 3.05. The number of ketones is 1.